The summed E-state index contributed by atoms with van der Waals surface area (Å²) < 4.78 is 2.31. The van der Waals surface area contributed by atoms with Crippen LogP contribution < -0.4 is 0 Å². The molecule has 0 spiro atoms. The molecular formula is C12H15N3. The number of hydrogen-bond acceptors (Lipinski definition) is 2. The highest BCUT2D eigenvalue weighted by atomic mass is 15.1. The summed E-state index contributed by atoms with van der Waals surface area (Å²) in [5.74, 6) is 1.96. The molecule has 0 N–H and O–H groups in total. The van der Waals surface area contributed by atoms with Gasteiger partial charge in [-0.15, -0.1) is 0 Å². The highest BCUT2D eigenvalue weighted by Gasteiger charge is 2.19. The topological polar surface area (TPSA) is 30.7 Å². The van der Waals surface area contributed by atoms with E-state index in [1.165, 1.54) is 24.8 Å². The van der Waals surface area contributed by atoms with Crippen molar-refractivity contribution in [2.75, 3.05) is 0 Å². The molecule has 2 aromatic rings. The lowest BCUT2D eigenvalue weighted by atomic mass is 9.85. The number of fused-ring (bicyclic) bond motifs is 1. The van der Waals surface area contributed by atoms with Crippen LogP contribution in [0.3, 0.4) is 0 Å². The van der Waals surface area contributed by atoms with Crippen LogP contribution in [0.2, 0.25) is 0 Å². The van der Waals surface area contributed by atoms with E-state index in [9.17, 15) is 0 Å². The zero-order chi connectivity index (χ0) is 10.3. The molecule has 15 heavy (non-hydrogen) atoms. The third-order valence-corrected chi connectivity index (χ3v) is 3.38. The third-order valence-electron chi connectivity index (χ3n) is 3.38. The molecule has 0 bridgehead atoms. The van der Waals surface area contributed by atoms with Crippen LogP contribution in [0.1, 0.15) is 25.1 Å². The highest BCUT2D eigenvalue weighted by molar-refractivity contribution is 5.71. The fourth-order valence-corrected chi connectivity index (χ4v) is 2.24. The van der Waals surface area contributed by atoms with Gasteiger partial charge in [0.1, 0.15) is 5.82 Å². The van der Waals surface area contributed by atoms with E-state index in [2.05, 4.69) is 27.5 Å². The summed E-state index contributed by atoms with van der Waals surface area (Å²) in [4.78, 5) is 8.76. The molecule has 78 valence electrons. The van der Waals surface area contributed by atoms with Crippen molar-refractivity contribution in [1.82, 2.24) is 14.5 Å². The first kappa shape index (κ1) is 8.89. The van der Waals surface area contributed by atoms with Gasteiger partial charge in [0.05, 0.1) is 5.52 Å². The Labute approximate surface area is 89.2 Å². The summed E-state index contributed by atoms with van der Waals surface area (Å²) >= 11 is 0. The second-order valence-electron chi connectivity index (χ2n) is 4.41. The van der Waals surface area contributed by atoms with Gasteiger partial charge < -0.3 is 4.57 Å². The maximum Gasteiger partial charge on any atom is 0.177 e. The number of rotatable bonds is 2. The van der Waals surface area contributed by atoms with Crippen molar-refractivity contribution in [2.24, 2.45) is 5.92 Å². The smallest absolute Gasteiger partial charge is 0.177 e. The Morgan fingerprint density at radius 2 is 2.33 bits per heavy atom. The number of aromatic nitrogens is 3. The van der Waals surface area contributed by atoms with Gasteiger partial charge in [-0.3, -0.25) is 0 Å². The van der Waals surface area contributed by atoms with E-state index in [1.807, 2.05) is 12.3 Å². The zero-order valence-electron chi connectivity index (χ0n) is 8.98. The zero-order valence-corrected chi connectivity index (χ0v) is 8.98. The predicted octanol–water partition coefficient (Wildman–Crippen LogP) is 2.54. The molecule has 3 rings (SSSR count). The molecule has 0 radical (unpaired) electrons. The standard InChI is InChI=1S/C12H15N3/c1-9-14-12-11(6-3-7-13-12)15(9)8-10-4-2-5-10/h3,6-7,10H,2,4-5,8H2,1H3. The first-order chi connectivity index (χ1) is 7.34. The number of pyridine rings is 1. The van der Waals surface area contributed by atoms with Crippen LogP contribution in [0.25, 0.3) is 11.2 Å². The van der Waals surface area contributed by atoms with Gasteiger partial charge in [0.2, 0.25) is 0 Å². The quantitative estimate of drug-likeness (QED) is 0.747. The van der Waals surface area contributed by atoms with Crippen molar-refractivity contribution in [1.29, 1.82) is 0 Å². The van der Waals surface area contributed by atoms with Crippen molar-refractivity contribution in [3.63, 3.8) is 0 Å². The van der Waals surface area contributed by atoms with Gasteiger partial charge in [-0.2, -0.15) is 0 Å². The minimum atomic E-state index is 0.862. The molecule has 2 aromatic heterocycles. The van der Waals surface area contributed by atoms with E-state index in [0.717, 1.165) is 23.9 Å². The summed E-state index contributed by atoms with van der Waals surface area (Å²) in [6, 6.07) is 4.10. The van der Waals surface area contributed by atoms with Crippen LogP contribution in [0, 0.1) is 12.8 Å². The Bertz CT molecular complexity index is 483. The molecule has 3 heteroatoms. The molecule has 0 atom stereocenters. The van der Waals surface area contributed by atoms with E-state index in [-0.39, 0.29) is 0 Å². The largest absolute Gasteiger partial charge is 0.327 e. The number of aryl methyl sites for hydroxylation is 1. The van der Waals surface area contributed by atoms with Gasteiger partial charge >= 0.3 is 0 Å². The van der Waals surface area contributed by atoms with E-state index < -0.39 is 0 Å². The third kappa shape index (κ3) is 1.42. The SMILES string of the molecule is Cc1nc2ncccc2n1CC1CCC1. The number of hydrogen-bond donors (Lipinski definition) is 0. The van der Waals surface area contributed by atoms with Crippen LogP contribution in [0.15, 0.2) is 18.3 Å². The average molecular weight is 201 g/mol. The first-order valence-corrected chi connectivity index (χ1v) is 5.62. The molecule has 0 saturated heterocycles. The minimum Gasteiger partial charge on any atom is -0.327 e. The summed E-state index contributed by atoms with van der Waals surface area (Å²) in [5, 5.41) is 0. The van der Waals surface area contributed by atoms with Crippen molar-refractivity contribution in [3.8, 4) is 0 Å². The molecule has 1 aliphatic rings. The Kier molecular flexibility index (Phi) is 1.97. The Balaban J connectivity index is 2.03. The lowest BCUT2D eigenvalue weighted by Crippen LogP contribution is -2.18. The molecule has 1 fully saturated rings. The molecule has 1 aliphatic carbocycles. The second kappa shape index (κ2) is 3.33. The maximum atomic E-state index is 4.48. The van der Waals surface area contributed by atoms with Crippen LogP contribution in [0.5, 0.6) is 0 Å². The monoisotopic (exact) mass is 201 g/mol. The normalized spacial score (nSPS) is 16.9. The summed E-state index contributed by atoms with van der Waals surface area (Å²) in [6.45, 7) is 3.19. The van der Waals surface area contributed by atoms with Crippen molar-refractivity contribution >= 4 is 11.2 Å². The van der Waals surface area contributed by atoms with Gasteiger partial charge in [-0.25, -0.2) is 9.97 Å². The summed E-state index contributed by atoms with van der Waals surface area (Å²) in [6.07, 6.45) is 5.95. The molecule has 0 unspecified atom stereocenters. The highest BCUT2D eigenvalue weighted by Crippen LogP contribution is 2.29. The van der Waals surface area contributed by atoms with Gasteiger partial charge in [0, 0.05) is 12.7 Å². The maximum absolute atomic E-state index is 4.48. The van der Waals surface area contributed by atoms with E-state index in [0.29, 0.717) is 0 Å². The molecule has 0 aliphatic heterocycles. The molecule has 1 saturated carbocycles. The van der Waals surface area contributed by atoms with Crippen molar-refractivity contribution in [3.05, 3.63) is 24.2 Å². The minimum absolute atomic E-state index is 0.862. The molecular weight excluding hydrogens is 186 g/mol. The van der Waals surface area contributed by atoms with E-state index >= 15 is 0 Å². The van der Waals surface area contributed by atoms with Crippen molar-refractivity contribution < 1.29 is 0 Å². The van der Waals surface area contributed by atoms with Crippen LogP contribution in [0.4, 0.5) is 0 Å². The van der Waals surface area contributed by atoms with Crippen LogP contribution in [-0.4, -0.2) is 14.5 Å². The predicted molar refractivity (Wildman–Crippen MR) is 59.6 cm³/mol. The fraction of sp³-hybridized carbons (Fsp3) is 0.500. The lowest BCUT2D eigenvalue weighted by Gasteiger charge is -2.26. The lowest BCUT2D eigenvalue weighted by molar-refractivity contribution is 0.277. The number of nitrogens with zero attached hydrogens (tertiary/aromatic N) is 3. The average Bonchev–Trinajstić information content (AvgIpc) is 2.48. The van der Waals surface area contributed by atoms with Crippen LogP contribution >= 0.6 is 0 Å². The summed E-state index contributed by atoms with van der Waals surface area (Å²) in [7, 11) is 0. The van der Waals surface area contributed by atoms with Crippen molar-refractivity contribution in [2.45, 2.75) is 32.7 Å². The number of imidazole rings is 1. The fourth-order valence-electron chi connectivity index (χ4n) is 2.24. The van der Waals surface area contributed by atoms with Gasteiger partial charge in [0.25, 0.3) is 0 Å². The second-order valence-corrected chi connectivity index (χ2v) is 4.41. The molecule has 2 heterocycles. The molecule has 3 nitrogen and oxygen atoms in total. The first-order valence-electron chi connectivity index (χ1n) is 5.62. The molecule has 0 aromatic carbocycles. The summed E-state index contributed by atoms with van der Waals surface area (Å²) in [5.41, 5.74) is 2.07. The van der Waals surface area contributed by atoms with E-state index in [1.54, 1.807) is 0 Å². The van der Waals surface area contributed by atoms with E-state index in [4.69, 9.17) is 0 Å². The Morgan fingerprint density at radius 1 is 1.47 bits per heavy atom. The van der Waals surface area contributed by atoms with Crippen LogP contribution in [-0.2, 0) is 6.54 Å². The van der Waals surface area contributed by atoms with Gasteiger partial charge in [-0.05, 0) is 37.8 Å². The van der Waals surface area contributed by atoms with Gasteiger partial charge in [-0.1, -0.05) is 6.42 Å². The Morgan fingerprint density at radius 3 is 3.07 bits per heavy atom. The molecule has 0 amide bonds. The van der Waals surface area contributed by atoms with Gasteiger partial charge in [0.15, 0.2) is 5.65 Å². The Hall–Kier alpha value is -1.38.